The van der Waals surface area contributed by atoms with Gasteiger partial charge in [0.1, 0.15) is 18.2 Å². The standard InChI is InChI=1S/C23H29ClN4O4S/c24-22-19(25-13-16-2-1-9-30-15-16)14-26-28(23(22)29)17-5-7-27(8-6-17)33-18-3-4-20-21(12-18)32-11-10-31-20/h3-4,12,14,16-17,25H,1-2,5-11,13,15H2. The normalized spacial score (nSPS) is 21.7. The van der Waals surface area contributed by atoms with Crippen molar-refractivity contribution in [3.8, 4) is 11.5 Å². The molecule has 10 heteroatoms. The second-order valence-electron chi connectivity index (χ2n) is 8.64. The predicted molar refractivity (Wildman–Crippen MR) is 129 cm³/mol. The lowest BCUT2D eigenvalue weighted by Gasteiger charge is -2.31. The third-order valence-electron chi connectivity index (χ3n) is 6.30. The molecule has 33 heavy (non-hydrogen) atoms. The van der Waals surface area contributed by atoms with E-state index in [-0.39, 0.29) is 16.6 Å². The van der Waals surface area contributed by atoms with Crippen molar-refractivity contribution in [2.75, 3.05) is 51.4 Å². The summed E-state index contributed by atoms with van der Waals surface area (Å²) < 4.78 is 20.7. The van der Waals surface area contributed by atoms with Crippen LogP contribution >= 0.6 is 23.5 Å². The number of nitrogens with zero attached hydrogens (tertiary/aromatic N) is 3. The first-order chi connectivity index (χ1) is 16.2. The molecule has 4 heterocycles. The van der Waals surface area contributed by atoms with E-state index in [1.54, 1.807) is 22.8 Å². The number of nitrogens with one attached hydrogen (secondary N) is 1. The molecule has 1 unspecified atom stereocenters. The van der Waals surface area contributed by atoms with E-state index in [0.717, 1.165) is 74.9 Å². The minimum absolute atomic E-state index is 0.0490. The molecule has 0 amide bonds. The Balaban J connectivity index is 1.16. The average Bonchev–Trinajstić information content (AvgIpc) is 2.86. The maximum Gasteiger partial charge on any atom is 0.287 e. The van der Waals surface area contributed by atoms with Gasteiger partial charge in [-0.1, -0.05) is 11.6 Å². The summed E-state index contributed by atoms with van der Waals surface area (Å²) in [6.45, 7) is 5.21. The number of hydrogen-bond donors (Lipinski definition) is 1. The number of anilines is 1. The number of aromatic nitrogens is 2. The zero-order chi connectivity index (χ0) is 22.6. The van der Waals surface area contributed by atoms with E-state index in [4.69, 9.17) is 25.8 Å². The van der Waals surface area contributed by atoms with Gasteiger partial charge >= 0.3 is 0 Å². The van der Waals surface area contributed by atoms with E-state index in [1.165, 1.54) is 0 Å². The Bertz CT molecular complexity index is 1020. The van der Waals surface area contributed by atoms with Crippen LogP contribution in [0.15, 0.2) is 34.1 Å². The summed E-state index contributed by atoms with van der Waals surface area (Å²) in [7, 11) is 0. The summed E-state index contributed by atoms with van der Waals surface area (Å²) in [5.74, 6) is 2.04. The Labute approximate surface area is 202 Å². The van der Waals surface area contributed by atoms with Gasteiger partial charge in [-0.05, 0) is 61.7 Å². The molecule has 1 atom stereocenters. The monoisotopic (exact) mass is 492 g/mol. The molecule has 1 N–H and O–H groups in total. The smallest absolute Gasteiger partial charge is 0.287 e. The second-order valence-corrected chi connectivity index (χ2v) is 10.2. The van der Waals surface area contributed by atoms with E-state index < -0.39 is 0 Å². The SMILES string of the molecule is O=c1c(Cl)c(NCC2CCCOC2)cnn1C1CCN(Sc2ccc3c(c2)OCCO3)CC1. The Hall–Kier alpha value is -1.94. The van der Waals surface area contributed by atoms with Crippen LogP contribution in [0.5, 0.6) is 11.5 Å². The number of benzene rings is 1. The first-order valence-corrected chi connectivity index (χ1v) is 12.7. The summed E-state index contributed by atoms with van der Waals surface area (Å²) in [4.78, 5) is 14.0. The van der Waals surface area contributed by atoms with E-state index in [1.807, 2.05) is 12.1 Å². The van der Waals surface area contributed by atoms with E-state index in [9.17, 15) is 4.79 Å². The van der Waals surface area contributed by atoms with Gasteiger partial charge in [0, 0.05) is 31.1 Å². The van der Waals surface area contributed by atoms with Crippen LogP contribution in [0.2, 0.25) is 5.02 Å². The molecule has 3 aliphatic rings. The van der Waals surface area contributed by atoms with Crippen molar-refractivity contribution >= 4 is 29.2 Å². The minimum atomic E-state index is -0.223. The Morgan fingerprint density at radius 1 is 1.12 bits per heavy atom. The third kappa shape index (κ3) is 5.42. The quantitative estimate of drug-likeness (QED) is 0.609. The van der Waals surface area contributed by atoms with Crippen LogP contribution in [-0.4, -0.2) is 60.1 Å². The fourth-order valence-corrected chi connectivity index (χ4v) is 5.64. The topological polar surface area (TPSA) is 77.9 Å². The van der Waals surface area contributed by atoms with Gasteiger partial charge < -0.3 is 19.5 Å². The summed E-state index contributed by atoms with van der Waals surface area (Å²) in [5.41, 5.74) is 0.384. The van der Waals surface area contributed by atoms with Crippen molar-refractivity contribution in [3.05, 3.63) is 39.8 Å². The maximum atomic E-state index is 12.9. The molecule has 5 rings (SSSR count). The molecule has 1 aromatic carbocycles. The number of hydrogen-bond acceptors (Lipinski definition) is 8. The molecule has 0 saturated carbocycles. The maximum absolute atomic E-state index is 12.9. The van der Waals surface area contributed by atoms with Crippen LogP contribution in [0.1, 0.15) is 31.7 Å². The molecule has 0 spiro atoms. The van der Waals surface area contributed by atoms with Crippen molar-refractivity contribution in [1.82, 2.24) is 14.1 Å². The van der Waals surface area contributed by atoms with Gasteiger partial charge in [0.05, 0.1) is 24.5 Å². The first-order valence-electron chi connectivity index (χ1n) is 11.6. The summed E-state index contributed by atoms with van der Waals surface area (Å²) in [6, 6.07) is 6.10. The minimum Gasteiger partial charge on any atom is -0.486 e. The lowest BCUT2D eigenvalue weighted by atomic mass is 10.0. The highest BCUT2D eigenvalue weighted by Crippen LogP contribution is 2.36. The van der Waals surface area contributed by atoms with E-state index in [0.29, 0.717) is 24.8 Å². The van der Waals surface area contributed by atoms with Crippen molar-refractivity contribution in [2.24, 2.45) is 5.92 Å². The zero-order valence-corrected chi connectivity index (χ0v) is 20.1. The molecule has 1 aromatic heterocycles. The molecule has 3 aliphatic heterocycles. The highest BCUT2D eigenvalue weighted by atomic mass is 35.5. The molecule has 0 radical (unpaired) electrons. The first kappa shape index (κ1) is 22.8. The fourth-order valence-electron chi connectivity index (χ4n) is 4.46. The number of fused-ring (bicyclic) bond motifs is 1. The number of piperidine rings is 1. The Morgan fingerprint density at radius 2 is 1.94 bits per heavy atom. The highest BCUT2D eigenvalue weighted by molar-refractivity contribution is 7.97. The summed E-state index contributed by atoms with van der Waals surface area (Å²) in [5, 5.41) is 7.96. The van der Waals surface area contributed by atoms with E-state index >= 15 is 0 Å². The van der Waals surface area contributed by atoms with Gasteiger partial charge in [-0.15, -0.1) is 0 Å². The molecule has 8 nitrogen and oxygen atoms in total. The Kier molecular flexibility index (Phi) is 7.30. The van der Waals surface area contributed by atoms with Crippen LogP contribution in [0.4, 0.5) is 5.69 Å². The van der Waals surface area contributed by atoms with Crippen LogP contribution in [-0.2, 0) is 4.74 Å². The molecule has 2 aromatic rings. The average molecular weight is 493 g/mol. The fraction of sp³-hybridized carbons (Fsp3) is 0.565. The van der Waals surface area contributed by atoms with Crippen molar-refractivity contribution in [1.29, 1.82) is 0 Å². The molecule has 178 valence electrons. The number of rotatable bonds is 6. The van der Waals surface area contributed by atoms with E-state index in [2.05, 4.69) is 20.8 Å². The Morgan fingerprint density at radius 3 is 2.73 bits per heavy atom. The van der Waals surface area contributed by atoms with Gasteiger partial charge in [-0.25, -0.2) is 8.99 Å². The lowest BCUT2D eigenvalue weighted by molar-refractivity contribution is 0.0595. The van der Waals surface area contributed by atoms with Crippen LogP contribution in [0.25, 0.3) is 0 Å². The highest BCUT2D eigenvalue weighted by Gasteiger charge is 2.25. The zero-order valence-electron chi connectivity index (χ0n) is 18.5. The van der Waals surface area contributed by atoms with Gasteiger partial charge in [-0.3, -0.25) is 4.79 Å². The van der Waals surface area contributed by atoms with Crippen molar-refractivity contribution in [3.63, 3.8) is 0 Å². The predicted octanol–water partition coefficient (Wildman–Crippen LogP) is 3.85. The largest absolute Gasteiger partial charge is 0.486 e. The molecular formula is C23H29ClN4O4S. The molecule has 2 fully saturated rings. The van der Waals surface area contributed by atoms with Gasteiger partial charge in [0.2, 0.25) is 0 Å². The molecule has 2 saturated heterocycles. The van der Waals surface area contributed by atoms with Crippen molar-refractivity contribution in [2.45, 2.75) is 36.6 Å². The summed E-state index contributed by atoms with van der Waals surface area (Å²) in [6.07, 6.45) is 5.56. The van der Waals surface area contributed by atoms with Gasteiger partial charge in [0.15, 0.2) is 11.5 Å². The summed E-state index contributed by atoms with van der Waals surface area (Å²) >= 11 is 8.13. The van der Waals surface area contributed by atoms with Gasteiger partial charge in [-0.2, -0.15) is 5.10 Å². The molecule has 0 bridgehead atoms. The van der Waals surface area contributed by atoms with Crippen LogP contribution < -0.4 is 20.3 Å². The van der Waals surface area contributed by atoms with Crippen LogP contribution in [0.3, 0.4) is 0 Å². The lowest BCUT2D eigenvalue weighted by Crippen LogP contribution is -2.36. The second kappa shape index (κ2) is 10.5. The van der Waals surface area contributed by atoms with Crippen LogP contribution in [0, 0.1) is 5.92 Å². The third-order valence-corrected chi connectivity index (χ3v) is 7.75. The van der Waals surface area contributed by atoms with Crippen molar-refractivity contribution < 1.29 is 14.2 Å². The molecular weight excluding hydrogens is 464 g/mol. The molecule has 0 aliphatic carbocycles. The number of halogens is 1. The number of ether oxygens (including phenoxy) is 3. The van der Waals surface area contributed by atoms with Gasteiger partial charge in [0.25, 0.3) is 5.56 Å².